The molecule has 20 heavy (non-hydrogen) atoms. The molecule has 0 saturated carbocycles. The van der Waals surface area contributed by atoms with Crippen molar-refractivity contribution in [1.82, 2.24) is 10.2 Å². The van der Waals surface area contributed by atoms with E-state index in [1.54, 1.807) is 26.2 Å². The fourth-order valence-corrected chi connectivity index (χ4v) is 2.54. The predicted molar refractivity (Wildman–Crippen MR) is 78.2 cm³/mol. The van der Waals surface area contributed by atoms with E-state index in [1.165, 1.54) is 6.26 Å². The van der Waals surface area contributed by atoms with Crippen LogP contribution in [0.25, 0.3) is 11.1 Å². The molecular weight excluding hydrogens is 278 g/mol. The number of hydrogen-bond donors (Lipinski definition) is 2. The average molecular weight is 295 g/mol. The van der Waals surface area contributed by atoms with E-state index >= 15 is 0 Å². The van der Waals surface area contributed by atoms with Gasteiger partial charge in [-0.15, -0.1) is 0 Å². The summed E-state index contributed by atoms with van der Waals surface area (Å²) in [6.45, 7) is 1.61. The Morgan fingerprint density at radius 1 is 1.30 bits per heavy atom. The van der Waals surface area contributed by atoms with E-state index < -0.39 is 15.1 Å². The molecule has 1 heterocycles. The van der Waals surface area contributed by atoms with Crippen LogP contribution in [0.1, 0.15) is 17.9 Å². The molecule has 0 saturated heterocycles. The van der Waals surface area contributed by atoms with Gasteiger partial charge in [-0.3, -0.25) is 5.10 Å². The van der Waals surface area contributed by atoms with Crippen LogP contribution in [0.4, 0.5) is 5.82 Å². The molecule has 0 spiro atoms. The van der Waals surface area contributed by atoms with E-state index in [0.29, 0.717) is 17.0 Å². The van der Waals surface area contributed by atoms with Crippen LogP contribution in [-0.4, -0.2) is 32.0 Å². The summed E-state index contributed by atoms with van der Waals surface area (Å²) in [4.78, 5) is 0. The van der Waals surface area contributed by atoms with E-state index in [4.69, 9.17) is 10.5 Å². The lowest BCUT2D eigenvalue weighted by Crippen LogP contribution is -2.09. The van der Waals surface area contributed by atoms with Crippen LogP contribution < -0.4 is 10.5 Å². The van der Waals surface area contributed by atoms with Gasteiger partial charge in [0, 0.05) is 11.8 Å². The van der Waals surface area contributed by atoms with E-state index in [9.17, 15) is 8.42 Å². The lowest BCUT2D eigenvalue weighted by Gasteiger charge is -2.11. The zero-order valence-electron chi connectivity index (χ0n) is 11.5. The van der Waals surface area contributed by atoms with Crippen molar-refractivity contribution in [3.05, 3.63) is 30.0 Å². The maximum absolute atomic E-state index is 11.7. The molecule has 0 fully saturated rings. The molecule has 0 aliphatic carbocycles. The first-order valence-corrected chi connectivity index (χ1v) is 7.97. The monoisotopic (exact) mass is 295 g/mol. The molecule has 1 aromatic heterocycles. The standard InChI is InChI=1S/C13H17N3O3S/c1-8(20(3,17)18)12-11(13(14)16-15-12)9-4-6-10(19-2)7-5-9/h4-8H,1-3H3,(H3,14,15,16). The number of rotatable bonds is 4. The molecule has 2 rings (SSSR count). The topological polar surface area (TPSA) is 98.1 Å². The van der Waals surface area contributed by atoms with Crippen LogP contribution in [0.5, 0.6) is 5.75 Å². The lowest BCUT2D eigenvalue weighted by molar-refractivity contribution is 0.415. The third-order valence-corrected chi connectivity index (χ3v) is 4.77. The van der Waals surface area contributed by atoms with E-state index in [1.807, 2.05) is 12.1 Å². The fraction of sp³-hybridized carbons (Fsp3) is 0.308. The Hall–Kier alpha value is -2.02. The van der Waals surface area contributed by atoms with Gasteiger partial charge in [-0.2, -0.15) is 5.10 Å². The SMILES string of the molecule is COc1ccc(-c2c(N)n[nH]c2C(C)S(C)(=O)=O)cc1. The number of nitrogens with zero attached hydrogens (tertiary/aromatic N) is 1. The summed E-state index contributed by atoms with van der Waals surface area (Å²) in [5, 5.41) is 5.94. The molecule has 1 unspecified atom stereocenters. The number of aromatic amines is 1. The summed E-state index contributed by atoms with van der Waals surface area (Å²) in [5.41, 5.74) is 7.76. The van der Waals surface area contributed by atoms with Gasteiger partial charge < -0.3 is 10.5 Å². The molecule has 6 nitrogen and oxygen atoms in total. The molecule has 0 radical (unpaired) electrons. The van der Waals surface area contributed by atoms with Crippen LogP contribution in [-0.2, 0) is 9.84 Å². The third-order valence-electron chi connectivity index (χ3n) is 3.25. The van der Waals surface area contributed by atoms with E-state index in [-0.39, 0.29) is 5.82 Å². The highest BCUT2D eigenvalue weighted by molar-refractivity contribution is 7.90. The Balaban J connectivity index is 2.53. The Morgan fingerprint density at radius 2 is 1.90 bits per heavy atom. The molecule has 1 aromatic carbocycles. The highest BCUT2D eigenvalue weighted by Crippen LogP contribution is 2.34. The number of nitrogen functional groups attached to an aromatic ring is 1. The number of methoxy groups -OCH3 is 1. The van der Waals surface area contributed by atoms with Gasteiger partial charge in [0.25, 0.3) is 0 Å². The van der Waals surface area contributed by atoms with Crippen molar-refractivity contribution in [2.24, 2.45) is 0 Å². The Morgan fingerprint density at radius 3 is 2.40 bits per heavy atom. The largest absolute Gasteiger partial charge is 0.497 e. The first kappa shape index (κ1) is 14.4. The predicted octanol–water partition coefficient (Wildman–Crippen LogP) is 1.77. The highest BCUT2D eigenvalue weighted by atomic mass is 32.2. The molecule has 2 aromatic rings. The average Bonchev–Trinajstić information content (AvgIpc) is 2.78. The second-order valence-corrected chi connectivity index (χ2v) is 6.96. The summed E-state index contributed by atoms with van der Waals surface area (Å²) in [6, 6.07) is 7.21. The van der Waals surface area contributed by atoms with Gasteiger partial charge in [0.05, 0.1) is 12.8 Å². The van der Waals surface area contributed by atoms with Crippen LogP contribution >= 0.6 is 0 Å². The molecule has 0 aliphatic heterocycles. The van der Waals surface area contributed by atoms with Crippen LogP contribution in [0.2, 0.25) is 0 Å². The van der Waals surface area contributed by atoms with E-state index in [2.05, 4.69) is 10.2 Å². The van der Waals surface area contributed by atoms with Gasteiger partial charge in [-0.1, -0.05) is 12.1 Å². The maximum Gasteiger partial charge on any atom is 0.155 e. The number of ether oxygens (including phenoxy) is 1. The van der Waals surface area contributed by atoms with Crippen LogP contribution in [0.15, 0.2) is 24.3 Å². The van der Waals surface area contributed by atoms with Crippen molar-refractivity contribution in [3.8, 4) is 16.9 Å². The minimum absolute atomic E-state index is 0.278. The van der Waals surface area contributed by atoms with Gasteiger partial charge in [0.1, 0.15) is 11.0 Å². The lowest BCUT2D eigenvalue weighted by atomic mass is 10.0. The smallest absolute Gasteiger partial charge is 0.155 e. The fourth-order valence-electron chi connectivity index (χ4n) is 1.94. The number of anilines is 1. The summed E-state index contributed by atoms with van der Waals surface area (Å²) >= 11 is 0. The molecule has 0 aliphatic rings. The maximum atomic E-state index is 11.7. The Bertz CT molecular complexity index is 705. The van der Waals surface area contributed by atoms with Crippen molar-refractivity contribution in [3.63, 3.8) is 0 Å². The zero-order valence-corrected chi connectivity index (χ0v) is 12.4. The van der Waals surface area contributed by atoms with E-state index in [0.717, 1.165) is 5.56 Å². The molecular formula is C13H17N3O3S. The van der Waals surface area contributed by atoms with Crippen molar-refractivity contribution in [2.45, 2.75) is 12.2 Å². The molecule has 0 amide bonds. The van der Waals surface area contributed by atoms with Gasteiger partial charge in [-0.05, 0) is 24.6 Å². The number of nitrogens with two attached hydrogens (primary N) is 1. The second kappa shape index (κ2) is 5.16. The molecule has 0 bridgehead atoms. The number of nitrogens with one attached hydrogen (secondary N) is 1. The Kier molecular flexibility index (Phi) is 3.71. The zero-order chi connectivity index (χ0) is 14.9. The second-order valence-electron chi connectivity index (χ2n) is 4.60. The van der Waals surface area contributed by atoms with Crippen molar-refractivity contribution < 1.29 is 13.2 Å². The first-order chi connectivity index (χ1) is 9.34. The summed E-state index contributed by atoms with van der Waals surface area (Å²) in [6.07, 6.45) is 1.19. The van der Waals surface area contributed by atoms with Crippen molar-refractivity contribution >= 4 is 15.7 Å². The summed E-state index contributed by atoms with van der Waals surface area (Å²) < 4.78 is 28.5. The van der Waals surface area contributed by atoms with Crippen molar-refractivity contribution in [2.75, 3.05) is 19.1 Å². The van der Waals surface area contributed by atoms with Gasteiger partial charge in [0.2, 0.25) is 0 Å². The minimum atomic E-state index is -3.24. The van der Waals surface area contributed by atoms with Gasteiger partial charge in [-0.25, -0.2) is 8.42 Å². The number of sulfone groups is 1. The number of aromatic nitrogens is 2. The van der Waals surface area contributed by atoms with Crippen LogP contribution in [0, 0.1) is 0 Å². The molecule has 7 heteroatoms. The van der Waals surface area contributed by atoms with Gasteiger partial charge >= 0.3 is 0 Å². The normalized spacial score (nSPS) is 13.2. The minimum Gasteiger partial charge on any atom is -0.497 e. The first-order valence-electron chi connectivity index (χ1n) is 6.01. The highest BCUT2D eigenvalue weighted by Gasteiger charge is 2.25. The molecule has 108 valence electrons. The summed E-state index contributed by atoms with van der Waals surface area (Å²) in [5.74, 6) is 0.995. The quantitative estimate of drug-likeness (QED) is 0.895. The third kappa shape index (κ3) is 2.62. The van der Waals surface area contributed by atoms with Crippen LogP contribution in [0.3, 0.4) is 0 Å². The van der Waals surface area contributed by atoms with Crippen molar-refractivity contribution in [1.29, 1.82) is 0 Å². The molecule has 3 N–H and O–H groups in total. The summed E-state index contributed by atoms with van der Waals surface area (Å²) in [7, 11) is -1.66. The Labute approximate surface area is 117 Å². The number of H-pyrrole nitrogens is 1. The number of hydrogen-bond acceptors (Lipinski definition) is 5. The molecule has 1 atom stereocenters. The number of benzene rings is 1. The van der Waals surface area contributed by atoms with Gasteiger partial charge in [0.15, 0.2) is 15.7 Å².